The van der Waals surface area contributed by atoms with Gasteiger partial charge in [0.15, 0.2) is 0 Å². The Kier molecular flexibility index (Phi) is 5.28. The molecule has 0 radical (unpaired) electrons. The Balaban J connectivity index is 1.55. The molecule has 1 N–H and O–H groups in total. The first-order valence-corrected chi connectivity index (χ1v) is 12.7. The Morgan fingerprint density at radius 2 is 1.24 bits per heavy atom. The van der Waals surface area contributed by atoms with E-state index in [1.54, 1.807) is 0 Å². The number of benzene rings is 5. The van der Waals surface area contributed by atoms with E-state index in [0.29, 0.717) is 6.54 Å². The maximum Gasteiger partial charge on any atom is 0.0727 e. The van der Waals surface area contributed by atoms with Crippen LogP contribution < -0.4 is 0 Å². The topological polar surface area (TPSA) is 49.1 Å². The first kappa shape index (κ1) is 22.1. The van der Waals surface area contributed by atoms with E-state index < -0.39 is 0 Å². The third-order valence-corrected chi connectivity index (χ3v) is 7.33. The molecule has 38 heavy (non-hydrogen) atoms. The molecule has 0 atom stereocenters. The Labute approximate surface area is 220 Å². The van der Waals surface area contributed by atoms with Gasteiger partial charge in [-0.2, -0.15) is 0 Å². The van der Waals surface area contributed by atoms with E-state index in [4.69, 9.17) is 5.41 Å². The summed E-state index contributed by atoms with van der Waals surface area (Å²) in [4.78, 5) is 9.06. The van der Waals surface area contributed by atoms with Crippen LogP contribution in [0.15, 0.2) is 126 Å². The fraction of sp³-hybridized carbons (Fsp3) is 0.0286. The van der Waals surface area contributed by atoms with E-state index >= 15 is 0 Å². The highest BCUT2D eigenvalue weighted by atomic mass is 14.7. The van der Waals surface area contributed by atoms with E-state index in [0.717, 1.165) is 22.3 Å². The average molecular weight is 486 g/mol. The molecule has 0 amide bonds. The maximum atomic E-state index is 7.53. The van der Waals surface area contributed by atoms with Crippen molar-refractivity contribution in [3.8, 4) is 22.3 Å². The van der Waals surface area contributed by atoms with Crippen LogP contribution in [-0.2, 0) is 0 Å². The van der Waals surface area contributed by atoms with Gasteiger partial charge in [-0.1, -0.05) is 91.0 Å². The van der Waals surface area contributed by atoms with E-state index in [1.165, 1.54) is 49.0 Å². The van der Waals surface area contributed by atoms with Crippen LogP contribution in [-0.4, -0.2) is 23.6 Å². The van der Waals surface area contributed by atoms with Crippen molar-refractivity contribution in [2.45, 2.75) is 0 Å². The van der Waals surface area contributed by atoms with Gasteiger partial charge < -0.3 is 0 Å². The minimum atomic E-state index is 0.491. The first-order chi connectivity index (χ1) is 18.8. The number of aromatic nitrogens is 1. The van der Waals surface area contributed by atoms with Gasteiger partial charge in [-0.05, 0) is 67.0 Å². The van der Waals surface area contributed by atoms with Crippen molar-refractivity contribution >= 4 is 50.0 Å². The highest BCUT2D eigenvalue weighted by molar-refractivity contribution is 6.23. The molecule has 0 aliphatic carbocycles. The number of allylic oxidation sites excluding steroid dienone is 1. The third-order valence-electron chi connectivity index (χ3n) is 7.33. The van der Waals surface area contributed by atoms with Gasteiger partial charge in [-0.25, -0.2) is 0 Å². The Morgan fingerprint density at radius 1 is 0.632 bits per heavy atom. The van der Waals surface area contributed by atoms with Crippen molar-refractivity contribution in [3.63, 3.8) is 0 Å². The second kappa shape index (κ2) is 9.08. The fourth-order valence-corrected chi connectivity index (χ4v) is 5.65. The molecule has 1 aliphatic rings. The molecule has 1 aliphatic heterocycles. The zero-order chi connectivity index (χ0) is 25.5. The van der Waals surface area contributed by atoms with Crippen molar-refractivity contribution in [2.75, 3.05) is 6.54 Å². The van der Waals surface area contributed by atoms with Crippen LogP contribution >= 0.6 is 0 Å². The summed E-state index contributed by atoms with van der Waals surface area (Å²) in [6.45, 7) is 0.491. The number of hydrogen-bond acceptors (Lipinski definition) is 3. The van der Waals surface area contributed by atoms with E-state index in [1.807, 2.05) is 24.7 Å². The van der Waals surface area contributed by atoms with Gasteiger partial charge >= 0.3 is 0 Å². The van der Waals surface area contributed by atoms with E-state index in [2.05, 4.69) is 113 Å². The summed E-state index contributed by atoms with van der Waals surface area (Å²) in [5.41, 5.74) is 7.41. The average Bonchev–Trinajstić information content (AvgIpc) is 2.99. The number of pyridine rings is 1. The van der Waals surface area contributed by atoms with Crippen molar-refractivity contribution in [1.29, 1.82) is 5.41 Å². The van der Waals surface area contributed by atoms with Crippen LogP contribution in [0.2, 0.25) is 0 Å². The Morgan fingerprint density at radius 3 is 1.95 bits per heavy atom. The van der Waals surface area contributed by atoms with Gasteiger partial charge in [-0.3, -0.25) is 15.4 Å². The normalized spacial score (nSPS) is 13.2. The molecule has 0 saturated carbocycles. The molecule has 1 aromatic heterocycles. The standard InChI is InChI=1S/C35H23N3/c36-18-23-16-25(20-37-19-23)26-17-27(22-38-21-26)34-30-11-3-5-13-32(30)35(33-14-6-4-12-31(33)34)29-15-7-9-24-8-1-2-10-28(24)29/h1-17,20-22,36H,19H2. The predicted octanol–water partition coefficient (Wildman–Crippen LogP) is 8.52. The molecule has 178 valence electrons. The molecule has 0 spiro atoms. The summed E-state index contributed by atoms with van der Waals surface area (Å²) in [5, 5.41) is 14.8. The van der Waals surface area contributed by atoms with Crippen LogP contribution in [0, 0.1) is 5.41 Å². The lowest BCUT2D eigenvalue weighted by Gasteiger charge is -2.19. The molecule has 3 heteroatoms. The molecule has 2 heterocycles. The van der Waals surface area contributed by atoms with Gasteiger partial charge in [0.05, 0.1) is 6.54 Å². The summed E-state index contributed by atoms with van der Waals surface area (Å²) >= 11 is 0. The molecule has 6 aromatic rings. The first-order valence-electron chi connectivity index (χ1n) is 12.7. The van der Waals surface area contributed by atoms with E-state index in [-0.39, 0.29) is 0 Å². The predicted molar refractivity (Wildman–Crippen MR) is 160 cm³/mol. The van der Waals surface area contributed by atoms with Crippen LogP contribution in [0.1, 0.15) is 5.56 Å². The van der Waals surface area contributed by atoms with Gasteiger partial charge in [0.1, 0.15) is 0 Å². The van der Waals surface area contributed by atoms with E-state index in [9.17, 15) is 0 Å². The van der Waals surface area contributed by atoms with Crippen LogP contribution in [0.5, 0.6) is 0 Å². The van der Waals surface area contributed by atoms with Crippen molar-refractivity contribution in [1.82, 2.24) is 4.98 Å². The smallest absolute Gasteiger partial charge is 0.0727 e. The maximum absolute atomic E-state index is 7.53. The summed E-state index contributed by atoms with van der Waals surface area (Å²) < 4.78 is 0. The lowest BCUT2D eigenvalue weighted by molar-refractivity contribution is 1.20. The zero-order valence-electron chi connectivity index (χ0n) is 20.6. The molecule has 5 aromatic carbocycles. The SMILES string of the molecule is N=C=C1C=C(c2cncc(-c3c4ccccc4c(-c4cccc5ccccc45)c4ccccc34)c2)C=NC1. The Bertz CT molecular complexity index is 1940. The van der Waals surface area contributed by atoms with Crippen molar-refractivity contribution < 1.29 is 0 Å². The second-order valence-corrected chi connectivity index (χ2v) is 9.55. The minimum absolute atomic E-state index is 0.491. The van der Waals surface area contributed by atoms with Gasteiger partial charge in [0.2, 0.25) is 0 Å². The lowest BCUT2D eigenvalue weighted by atomic mass is 9.84. The van der Waals surface area contributed by atoms with Crippen LogP contribution in [0.25, 0.3) is 60.1 Å². The second-order valence-electron chi connectivity index (χ2n) is 9.55. The highest BCUT2D eigenvalue weighted by Crippen LogP contribution is 2.45. The number of rotatable bonds is 3. The molecular weight excluding hydrogens is 462 g/mol. The number of nitrogens with one attached hydrogen (secondary N) is 1. The molecule has 0 bridgehead atoms. The van der Waals surface area contributed by atoms with Crippen molar-refractivity contribution in [2.24, 2.45) is 4.99 Å². The number of fused-ring (bicyclic) bond motifs is 3. The number of nitrogens with zero attached hydrogens (tertiary/aromatic N) is 2. The number of dihydropyridines is 1. The molecular formula is C35H23N3. The molecule has 3 nitrogen and oxygen atoms in total. The highest BCUT2D eigenvalue weighted by Gasteiger charge is 2.18. The lowest BCUT2D eigenvalue weighted by Crippen LogP contribution is -1.99. The molecule has 7 rings (SSSR count). The third kappa shape index (κ3) is 3.57. The fourth-order valence-electron chi connectivity index (χ4n) is 5.65. The summed E-state index contributed by atoms with van der Waals surface area (Å²) in [6.07, 6.45) is 7.65. The van der Waals surface area contributed by atoms with Crippen LogP contribution in [0.4, 0.5) is 0 Å². The molecule has 0 saturated heterocycles. The van der Waals surface area contributed by atoms with Gasteiger partial charge in [0, 0.05) is 40.9 Å². The monoisotopic (exact) mass is 485 g/mol. The molecule has 0 unspecified atom stereocenters. The Hall–Kier alpha value is -5.11. The van der Waals surface area contributed by atoms with Crippen LogP contribution in [0.3, 0.4) is 0 Å². The molecule has 0 fully saturated rings. The van der Waals surface area contributed by atoms with Gasteiger partial charge in [-0.15, -0.1) is 0 Å². The minimum Gasteiger partial charge on any atom is -0.287 e. The summed E-state index contributed by atoms with van der Waals surface area (Å²) in [5.74, 6) is 2.49. The largest absolute Gasteiger partial charge is 0.287 e. The summed E-state index contributed by atoms with van der Waals surface area (Å²) in [7, 11) is 0. The van der Waals surface area contributed by atoms with Gasteiger partial charge in [0.25, 0.3) is 0 Å². The summed E-state index contributed by atoms with van der Waals surface area (Å²) in [6, 6.07) is 34.7. The van der Waals surface area contributed by atoms with Crippen molar-refractivity contribution in [3.05, 3.63) is 127 Å². The number of aliphatic imine (C=N–C) groups is 1. The zero-order valence-corrected chi connectivity index (χ0v) is 20.6. The number of hydrogen-bond donors (Lipinski definition) is 1. The quantitative estimate of drug-likeness (QED) is 0.198.